The van der Waals surface area contributed by atoms with Crippen molar-refractivity contribution in [3.05, 3.63) is 59.7 Å². The van der Waals surface area contributed by atoms with Gasteiger partial charge in [0, 0.05) is 29.4 Å². The molecule has 0 aliphatic carbocycles. The lowest BCUT2D eigenvalue weighted by molar-refractivity contribution is -0.114. The van der Waals surface area contributed by atoms with Crippen LogP contribution in [0.2, 0.25) is 0 Å². The van der Waals surface area contributed by atoms with E-state index < -0.39 is 5.91 Å². The highest BCUT2D eigenvalue weighted by atomic mass is 16.2. The third kappa shape index (κ3) is 3.92. The van der Waals surface area contributed by atoms with Crippen molar-refractivity contribution in [3.63, 3.8) is 0 Å². The first kappa shape index (κ1) is 15.2. The average Bonchev–Trinajstić information content (AvgIpc) is 2.47. The highest BCUT2D eigenvalue weighted by Gasteiger charge is 2.08. The van der Waals surface area contributed by atoms with Gasteiger partial charge in [-0.3, -0.25) is 14.4 Å². The molecule has 0 radical (unpaired) electrons. The highest BCUT2D eigenvalue weighted by molar-refractivity contribution is 6.05. The maximum Gasteiger partial charge on any atom is 0.255 e. The van der Waals surface area contributed by atoms with Crippen LogP contribution in [-0.4, -0.2) is 17.7 Å². The average molecular weight is 297 g/mol. The Morgan fingerprint density at radius 2 is 1.55 bits per heavy atom. The van der Waals surface area contributed by atoms with E-state index in [1.54, 1.807) is 42.5 Å². The summed E-state index contributed by atoms with van der Waals surface area (Å²) >= 11 is 0. The molecule has 3 amide bonds. The van der Waals surface area contributed by atoms with Gasteiger partial charge in [-0.25, -0.2) is 0 Å². The Bertz CT molecular complexity index is 724. The molecule has 2 rings (SSSR count). The Morgan fingerprint density at radius 1 is 0.864 bits per heavy atom. The molecule has 112 valence electrons. The third-order valence-electron chi connectivity index (χ3n) is 2.87. The van der Waals surface area contributed by atoms with E-state index in [1.165, 1.54) is 13.0 Å². The number of anilines is 2. The number of amides is 3. The predicted octanol–water partition coefficient (Wildman–Crippen LogP) is 2.00. The maximum atomic E-state index is 12.1. The van der Waals surface area contributed by atoms with Crippen molar-refractivity contribution in [2.75, 3.05) is 10.6 Å². The van der Waals surface area contributed by atoms with Crippen LogP contribution in [0.15, 0.2) is 48.5 Å². The molecule has 0 fully saturated rings. The maximum absolute atomic E-state index is 12.1. The van der Waals surface area contributed by atoms with Crippen molar-refractivity contribution < 1.29 is 14.4 Å². The summed E-state index contributed by atoms with van der Waals surface area (Å²) < 4.78 is 0. The Kier molecular flexibility index (Phi) is 4.53. The number of nitrogens with two attached hydrogens (primary N) is 1. The molecule has 0 atom stereocenters. The van der Waals surface area contributed by atoms with Crippen molar-refractivity contribution in [3.8, 4) is 0 Å². The molecule has 0 unspecified atom stereocenters. The topological polar surface area (TPSA) is 101 Å². The predicted molar refractivity (Wildman–Crippen MR) is 83.7 cm³/mol. The van der Waals surface area contributed by atoms with Gasteiger partial charge in [0.15, 0.2) is 0 Å². The minimum Gasteiger partial charge on any atom is -0.366 e. The molecule has 0 aliphatic rings. The summed E-state index contributed by atoms with van der Waals surface area (Å²) in [6.07, 6.45) is 0. The van der Waals surface area contributed by atoms with Gasteiger partial charge in [-0.05, 0) is 42.5 Å². The van der Waals surface area contributed by atoms with E-state index in [0.29, 0.717) is 22.5 Å². The number of carbonyl (C=O) groups excluding carboxylic acids is 3. The minimum absolute atomic E-state index is 0.180. The van der Waals surface area contributed by atoms with Crippen LogP contribution in [0, 0.1) is 0 Å². The fourth-order valence-corrected chi connectivity index (χ4v) is 1.86. The van der Waals surface area contributed by atoms with E-state index in [9.17, 15) is 14.4 Å². The Hall–Kier alpha value is -3.15. The van der Waals surface area contributed by atoms with Crippen LogP contribution >= 0.6 is 0 Å². The molecule has 6 nitrogen and oxygen atoms in total. The number of hydrogen-bond donors (Lipinski definition) is 3. The van der Waals surface area contributed by atoms with Crippen LogP contribution in [0.4, 0.5) is 11.4 Å². The normalized spacial score (nSPS) is 9.86. The summed E-state index contributed by atoms with van der Waals surface area (Å²) in [5, 5.41) is 5.30. The van der Waals surface area contributed by atoms with E-state index in [4.69, 9.17) is 5.73 Å². The molecule has 0 saturated heterocycles. The van der Waals surface area contributed by atoms with Crippen LogP contribution in [-0.2, 0) is 4.79 Å². The molecule has 0 bridgehead atoms. The number of primary amides is 1. The molecule has 0 aromatic heterocycles. The molecule has 22 heavy (non-hydrogen) atoms. The van der Waals surface area contributed by atoms with Gasteiger partial charge in [0.1, 0.15) is 0 Å². The van der Waals surface area contributed by atoms with Gasteiger partial charge in [0.2, 0.25) is 11.8 Å². The van der Waals surface area contributed by atoms with E-state index >= 15 is 0 Å². The fourth-order valence-electron chi connectivity index (χ4n) is 1.86. The quantitative estimate of drug-likeness (QED) is 0.804. The van der Waals surface area contributed by atoms with E-state index in [-0.39, 0.29) is 11.8 Å². The van der Waals surface area contributed by atoms with Crippen LogP contribution in [0.1, 0.15) is 27.6 Å². The smallest absolute Gasteiger partial charge is 0.255 e. The fraction of sp³-hybridized carbons (Fsp3) is 0.0625. The number of carbonyl (C=O) groups is 3. The first-order valence-electron chi connectivity index (χ1n) is 6.54. The Morgan fingerprint density at radius 3 is 2.14 bits per heavy atom. The van der Waals surface area contributed by atoms with Crippen LogP contribution < -0.4 is 16.4 Å². The minimum atomic E-state index is -0.559. The van der Waals surface area contributed by atoms with E-state index in [2.05, 4.69) is 10.6 Å². The van der Waals surface area contributed by atoms with Gasteiger partial charge >= 0.3 is 0 Å². The molecule has 0 aliphatic heterocycles. The lowest BCUT2D eigenvalue weighted by Crippen LogP contribution is -2.14. The first-order chi connectivity index (χ1) is 10.5. The van der Waals surface area contributed by atoms with Gasteiger partial charge < -0.3 is 16.4 Å². The second-order valence-electron chi connectivity index (χ2n) is 4.66. The lowest BCUT2D eigenvalue weighted by Gasteiger charge is -2.07. The molecule has 0 saturated carbocycles. The summed E-state index contributed by atoms with van der Waals surface area (Å²) in [5.41, 5.74) is 7.03. The van der Waals surface area contributed by atoms with Crippen molar-refractivity contribution in [2.24, 2.45) is 5.73 Å². The number of nitrogens with one attached hydrogen (secondary N) is 2. The standard InChI is InChI=1S/C16H15N3O3/c1-10(20)18-13-7-5-11(6-8-13)16(22)19-14-4-2-3-12(9-14)15(17)21/h2-9H,1H3,(H2,17,21)(H,18,20)(H,19,22). The summed E-state index contributed by atoms with van der Waals surface area (Å²) in [4.78, 5) is 34.2. The molecular weight excluding hydrogens is 282 g/mol. The SMILES string of the molecule is CC(=O)Nc1ccc(C(=O)Nc2cccc(C(N)=O)c2)cc1. The number of rotatable bonds is 4. The summed E-state index contributed by atoms with van der Waals surface area (Å²) in [5.74, 6) is -1.06. The monoisotopic (exact) mass is 297 g/mol. The molecule has 2 aromatic rings. The van der Waals surface area contributed by atoms with Crippen molar-refractivity contribution in [1.29, 1.82) is 0 Å². The molecule has 0 spiro atoms. The van der Waals surface area contributed by atoms with Crippen LogP contribution in [0.25, 0.3) is 0 Å². The zero-order valence-corrected chi connectivity index (χ0v) is 11.9. The van der Waals surface area contributed by atoms with E-state index in [1.807, 2.05) is 0 Å². The highest BCUT2D eigenvalue weighted by Crippen LogP contribution is 2.14. The second kappa shape index (κ2) is 6.53. The third-order valence-corrected chi connectivity index (χ3v) is 2.87. The molecule has 4 N–H and O–H groups in total. The van der Waals surface area contributed by atoms with Crippen molar-refractivity contribution >= 4 is 29.1 Å². The van der Waals surface area contributed by atoms with Crippen LogP contribution in [0.3, 0.4) is 0 Å². The first-order valence-corrected chi connectivity index (χ1v) is 6.54. The van der Waals surface area contributed by atoms with Crippen molar-refractivity contribution in [2.45, 2.75) is 6.92 Å². The van der Waals surface area contributed by atoms with Gasteiger partial charge in [0.05, 0.1) is 0 Å². The summed E-state index contributed by atoms with van der Waals surface area (Å²) in [6.45, 7) is 1.41. The van der Waals surface area contributed by atoms with Gasteiger partial charge in [-0.1, -0.05) is 6.07 Å². The Balaban J connectivity index is 2.10. The largest absolute Gasteiger partial charge is 0.366 e. The zero-order chi connectivity index (χ0) is 16.1. The zero-order valence-electron chi connectivity index (χ0n) is 11.9. The number of benzene rings is 2. The number of hydrogen-bond acceptors (Lipinski definition) is 3. The van der Waals surface area contributed by atoms with E-state index in [0.717, 1.165) is 0 Å². The summed E-state index contributed by atoms with van der Waals surface area (Å²) in [6, 6.07) is 12.8. The summed E-state index contributed by atoms with van der Waals surface area (Å²) in [7, 11) is 0. The lowest BCUT2D eigenvalue weighted by atomic mass is 10.1. The molecule has 2 aromatic carbocycles. The second-order valence-corrected chi connectivity index (χ2v) is 4.66. The molecule has 6 heteroatoms. The van der Waals surface area contributed by atoms with Gasteiger partial charge in [-0.2, -0.15) is 0 Å². The Labute approximate surface area is 127 Å². The molecule has 0 heterocycles. The van der Waals surface area contributed by atoms with Crippen LogP contribution in [0.5, 0.6) is 0 Å². The molecular formula is C16H15N3O3. The van der Waals surface area contributed by atoms with Gasteiger partial charge in [-0.15, -0.1) is 0 Å². The van der Waals surface area contributed by atoms with Crippen molar-refractivity contribution in [1.82, 2.24) is 0 Å². The van der Waals surface area contributed by atoms with Gasteiger partial charge in [0.25, 0.3) is 5.91 Å².